The van der Waals surface area contributed by atoms with Crippen molar-refractivity contribution >= 4 is 17.7 Å². The molecular weight excluding hydrogens is 252 g/mol. The van der Waals surface area contributed by atoms with E-state index in [-0.39, 0.29) is 11.8 Å². The Morgan fingerprint density at radius 1 is 1.56 bits per heavy atom. The number of carbonyl (C=O) groups is 1. The van der Waals surface area contributed by atoms with E-state index >= 15 is 0 Å². The number of carboxylic acids is 1. The van der Waals surface area contributed by atoms with Gasteiger partial charge in [0.1, 0.15) is 0 Å². The van der Waals surface area contributed by atoms with Crippen LogP contribution < -0.4 is 0 Å². The van der Waals surface area contributed by atoms with Crippen molar-refractivity contribution in [2.75, 3.05) is 5.75 Å². The summed E-state index contributed by atoms with van der Waals surface area (Å²) >= 11 is 1.85. The molecule has 0 bridgehead atoms. The predicted molar refractivity (Wildman–Crippen MR) is 68.5 cm³/mol. The molecule has 2 rings (SSSR count). The lowest BCUT2D eigenvalue weighted by atomic mass is 9.86. The van der Waals surface area contributed by atoms with Crippen molar-refractivity contribution in [3.63, 3.8) is 0 Å². The third-order valence-corrected chi connectivity index (χ3v) is 4.31. The zero-order chi connectivity index (χ0) is 13.2. The summed E-state index contributed by atoms with van der Waals surface area (Å²) in [5, 5.41) is 17.3. The van der Waals surface area contributed by atoms with Crippen LogP contribution >= 0.6 is 11.8 Å². The Hall–Kier alpha value is -1.04. The Labute approximate surface area is 110 Å². The molecule has 1 unspecified atom stereocenters. The minimum atomic E-state index is -0.800. The highest BCUT2D eigenvalue weighted by Gasteiger charge is 2.27. The van der Waals surface area contributed by atoms with Crippen molar-refractivity contribution in [1.82, 2.24) is 10.2 Å². The molecule has 1 fully saturated rings. The standard InChI is InChI=1S/C12H18N2O3S/c1-12(2,7-10(15)16)6-9-13-14-11(17-9)8-4-3-5-18-8/h8H,3-7H2,1-2H3,(H,15,16). The molecule has 1 saturated heterocycles. The average Bonchev–Trinajstić information content (AvgIpc) is 2.82. The van der Waals surface area contributed by atoms with Gasteiger partial charge in [0, 0.05) is 6.42 Å². The van der Waals surface area contributed by atoms with Crippen molar-refractivity contribution in [1.29, 1.82) is 0 Å². The molecular formula is C12H18N2O3S. The Morgan fingerprint density at radius 2 is 2.33 bits per heavy atom. The molecule has 0 amide bonds. The van der Waals surface area contributed by atoms with Crippen LogP contribution in [0.2, 0.25) is 0 Å². The summed E-state index contributed by atoms with van der Waals surface area (Å²) in [6.07, 6.45) is 2.88. The Morgan fingerprint density at radius 3 is 2.94 bits per heavy atom. The Kier molecular flexibility index (Phi) is 3.94. The lowest BCUT2D eigenvalue weighted by molar-refractivity contribution is -0.139. The summed E-state index contributed by atoms with van der Waals surface area (Å²) in [6.45, 7) is 3.80. The van der Waals surface area contributed by atoms with Gasteiger partial charge in [0.2, 0.25) is 11.8 Å². The van der Waals surface area contributed by atoms with E-state index in [1.165, 1.54) is 6.42 Å². The van der Waals surface area contributed by atoms with Gasteiger partial charge >= 0.3 is 5.97 Å². The highest BCUT2D eigenvalue weighted by atomic mass is 32.2. The molecule has 1 N–H and O–H groups in total. The maximum atomic E-state index is 10.7. The van der Waals surface area contributed by atoms with Crippen LogP contribution in [0.25, 0.3) is 0 Å². The molecule has 1 aromatic rings. The van der Waals surface area contributed by atoms with Crippen LogP contribution in [0.1, 0.15) is 50.1 Å². The van der Waals surface area contributed by atoms with Crippen LogP contribution in [0.5, 0.6) is 0 Å². The van der Waals surface area contributed by atoms with Crippen molar-refractivity contribution in [2.24, 2.45) is 5.41 Å². The maximum absolute atomic E-state index is 10.7. The monoisotopic (exact) mass is 270 g/mol. The minimum Gasteiger partial charge on any atom is -0.481 e. The molecule has 0 spiro atoms. The summed E-state index contributed by atoms with van der Waals surface area (Å²) in [6, 6.07) is 0. The zero-order valence-corrected chi connectivity index (χ0v) is 11.5. The van der Waals surface area contributed by atoms with E-state index in [2.05, 4.69) is 10.2 Å². The Balaban J connectivity index is 1.99. The molecule has 6 heteroatoms. The second-order valence-corrected chi connectivity index (χ2v) is 6.76. The van der Waals surface area contributed by atoms with E-state index in [1.807, 2.05) is 25.6 Å². The molecule has 0 saturated carbocycles. The molecule has 0 aromatic carbocycles. The van der Waals surface area contributed by atoms with E-state index in [0.29, 0.717) is 23.5 Å². The van der Waals surface area contributed by atoms with Gasteiger partial charge in [-0.3, -0.25) is 4.79 Å². The summed E-state index contributed by atoms with van der Waals surface area (Å²) < 4.78 is 5.65. The van der Waals surface area contributed by atoms with Gasteiger partial charge in [0.15, 0.2) is 0 Å². The number of aromatic nitrogens is 2. The van der Waals surface area contributed by atoms with Crippen LogP contribution in [0, 0.1) is 5.41 Å². The Bertz CT molecular complexity index is 425. The second kappa shape index (κ2) is 5.30. The largest absolute Gasteiger partial charge is 0.481 e. The second-order valence-electron chi connectivity index (χ2n) is 5.45. The van der Waals surface area contributed by atoms with Gasteiger partial charge in [-0.25, -0.2) is 0 Å². The van der Waals surface area contributed by atoms with E-state index in [1.54, 1.807) is 0 Å². The topological polar surface area (TPSA) is 76.2 Å². The van der Waals surface area contributed by atoms with Crippen molar-refractivity contribution < 1.29 is 14.3 Å². The molecule has 1 atom stereocenters. The zero-order valence-electron chi connectivity index (χ0n) is 10.7. The molecule has 2 heterocycles. The summed E-state index contributed by atoms with van der Waals surface area (Å²) in [4.78, 5) is 10.7. The van der Waals surface area contributed by atoms with Crippen LogP contribution in [-0.2, 0) is 11.2 Å². The SMILES string of the molecule is CC(C)(CC(=O)O)Cc1nnc(C2CCCS2)o1. The third kappa shape index (κ3) is 3.48. The van der Waals surface area contributed by atoms with E-state index < -0.39 is 5.97 Å². The first-order valence-electron chi connectivity index (χ1n) is 6.12. The van der Waals surface area contributed by atoms with Crippen LogP contribution in [0.15, 0.2) is 4.42 Å². The molecule has 1 aliphatic heterocycles. The summed E-state index contributed by atoms with van der Waals surface area (Å²) in [5.41, 5.74) is -0.363. The van der Waals surface area contributed by atoms with Crippen molar-refractivity contribution in [2.45, 2.75) is 44.8 Å². The number of rotatable bonds is 5. The fourth-order valence-corrected chi connectivity index (χ4v) is 3.31. The molecule has 100 valence electrons. The van der Waals surface area contributed by atoms with Crippen LogP contribution in [0.3, 0.4) is 0 Å². The number of aliphatic carboxylic acids is 1. The van der Waals surface area contributed by atoms with E-state index in [0.717, 1.165) is 12.2 Å². The molecule has 0 aliphatic carbocycles. The molecule has 1 aliphatic rings. The number of hydrogen-bond donors (Lipinski definition) is 1. The summed E-state index contributed by atoms with van der Waals surface area (Å²) in [7, 11) is 0. The first-order valence-corrected chi connectivity index (χ1v) is 7.17. The predicted octanol–water partition coefficient (Wildman–Crippen LogP) is 2.68. The summed E-state index contributed by atoms with van der Waals surface area (Å²) in [5.74, 6) is 1.58. The van der Waals surface area contributed by atoms with Crippen molar-refractivity contribution in [3.8, 4) is 0 Å². The van der Waals surface area contributed by atoms with Gasteiger partial charge in [-0.2, -0.15) is 0 Å². The van der Waals surface area contributed by atoms with Gasteiger partial charge < -0.3 is 9.52 Å². The number of carboxylic acid groups (broad SMARTS) is 1. The molecule has 5 nitrogen and oxygen atoms in total. The fraction of sp³-hybridized carbons (Fsp3) is 0.750. The number of nitrogens with zero attached hydrogens (tertiary/aromatic N) is 2. The lowest BCUT2D eigenvalue weighted by Crippen LogP contribution is -2.19. The quantitative estimate of drug-likeness (QED) is 0.886. The first-order chi connectivity index (χ1) is 8.46. The van der Waals surface area contributed by atoms with Crippen LogP contribution in [-0.4, -0.2) is 27.0 Å². The fourth-order valence-electron chi connectivity index (χ4n) is 2.12. The number of hydrogen-bond acceptors (Lipinski definition) is 5. The number of thioether (sulfide) groups is 1. The van der Waals surface area contributed by atoms with E-state index in [4.69, 9.17) is 9.52 Å². The van der Waals surface area contributed by atoms with E-state index in [9.17, 15) is 4.79 Å². The normalized spacial score (nSPS) is 20.2. The molecule has 18 heavy (non-hydrogen) atoms. The average molecular weight is 270 g/mol. The van der Waals surface area contributed by atoms with Gasteiger partial charge in [-0.15, -0.1) is 22.0 Å². The smallest absolute Gasteiger partial charge is 0.303 e. The molecule has 1 aromatic heterocycles. The third-order valence-electron chi connectivity index (χ3n) is 2.95. The minimum absolute atomic E-state index is 0.100. The highest BCUT2D eigenvalue weighted by molar-refractivity contribution is 7.99. The van der Waals surface area contributed by atoms with Crippen molar-refractivity contribution in [3.05, 3.63) is 11.8 Å². The lowest BCUT2D eigenvalue weighted by Gasteiger charge is -2.19. The van der Waals surface area contributed by atoms with Crippen LogP contribution in [0.4, 0.5) is 0 Å². The first kappa shape index (κ1) is 13.4. The maximum Gasteiger partial charge on any atom is 0.303 e. The van der Waals surface area contributed by atoms with Gasteiger partial charge in [0.25, 0.3) is 0 Å². The van der Waals surface area contributed by atoms with Gasteiger partial charge in [-0.1, -0.05) is 13.8 Å². The highest BCUT2D eigenvalue weighted by Crippen LogP contribution is 2.39. The molecule has 0 radical (unpaired) electrons. The van der Waals surface area contributed by atoms with Gasteiger partial charge in [0.05, 0.1) is 11.7 Å². The van der Waals surface area contributed by atoms with Gasteiger partial charge in [-0.05, 0) is 24.0 Å².